The van der Waals surface area contributed by atoms with Crippen LogP contribution < -0.4 is 15.7 Å². The minimum Gasteiger partial charge on any atom is -0.457 e. The fourth-order valence-electron chi connectivity index (χ4n) is 2.97. The lowest BCUT2D eigenvalue weighted by molar-refractivity contribution is 0.482. The summed E-state index contributed by atoms with van der Waals surface area (Å²) < 4.78 is 5.82. The maximum atomic E-state index is 12.3. The van der Waals surface area contributed by atoms with Crippen molar-refractivity contribution in [2.24, 2.45) is 5.10 Å². The first-order valence-corrected chi connectivity index (χ1v) is 9.86. The van der Waals surface area contributed by atoms with E-state index < -0.39 is 5.56 Å². The fraction of sp³-hybridized carbons (Fsp3) is 0.0400. The summed E-state index contributed by atoms with van der Waals surface area (Å²) in [6.07, 6.45) is 1.59. The number of hydrogen-bond donors (Lipinski definition) is 2. The smallest absolute Gasteiger partial charge is 0.270 e. The second-order valence-electron chi connectivity index (χ2n) is 6.97. The number of nitrogens with zero attached hydrogens (tertiary/aromatic N) is 3. The molecule has 0 unspecified atom stereocenters. The summed E-state index contributed by atoms with van der Waals surface area (Å²) in [4.78, 5) is 19.2. The van der Waals surface area contributed by atoms with E-state index >= 15 is 0 Å². The first-order chi connectivity index (χ1) is 15.6. The molecule has 1 aromatic heterocycles. The molecule has 0 aliphatic rings. The molecule has 156 valence electrons. The minimum atomic E-state index is -0.531. The Morgan fingerprint density at radius 3 is 2.31 bits per heavy atom. The molecule has 3 aromatic carbocycles. The van der Waals surface area contributed by atoms with Gasteiger partial charge < -0.3 is 4.74 Å². The maximum Gasteiger partial charge on any atom is 0.270 e. The van der Waals surface area contributed by atoms with Gasteiger partial charge >= 0.3 is 0 Å². The molecule has 4 rings (SSSR count). The minimum absolute atomic E-state index is 0.0464. The van der Waals surface area contributed by atoms with Crippen LogP contribution in [0.4, 0.5) is 5.95 Å². The molecule has 0 atom stereocenters. The number of hydrogen-bond acceptors (Lipinski definition) is 6. The van der Waals surface area contributed by atoms with Gasteiger partial charge in [-0.15, -0.1) is 0 Å². The number of aromatic amines is 1. The van der Waals surface area contributed by atoms with Crippen LogP contribution >= 0.6 is 0 Å². The van der Waals surface area contributed by atoms with Crippen molar-refractivity contribution in [3.63, 3.8) is 0 Å². The van der Waals surface area contributed by atoms with Crippen molar-refractivity contribution in [2.45, 2.75) is 6.92 Å². The molecule has 0 amide bonds. The van der Waals surface area contributed by atoms with Crippen molar-refractivity contribution in [2.75, 3.05) is 5.43 Å². The summed E-state index contributed by atoms with van der Waals surface area (Å²) in [5.74, 6) is 1.62. The summed E-state index contributed by atoms with van der Waals surface area (Å²) in [6, 6.07) is 26.2. The van der Waals surface area contributed by atoms with Crippen LogP contribution in [0.15, 0.2) is 88.8 Å². The van der Waals surface area contributed by atoms with Crippen LogP contribution in [0.1, 0.15) is 16.7 Å². The van der Waals surface area contributed by atoms with Crippen LogP contribution in [0, 0.1) is 18.3 Å². The van der Waals surface area contributed by atoms with Gasteiger partial charge in [0.05, 0.1) is 11.9 Å². The Labute approximate surface area is 184 Å². The third-order valence-corrected chi connectivity index (χ3v) is 4.60. The number of nitrogens with one attached hydrogen (secondary N) is 2. The molecule has 0 fully saturated rings. The Balaban J connectivity index is 1.47. The molecule has 32 heavy (non-hydrogen) atoms. The van der Waals surface area contributed by atoms with Gasteiger partial charge in [-0.1, -0.05) is 48.0 Å². The van der Waals surface area contributed by atoms with E-state index in [0.717, 1.165) is 11.3 Å². The predicted octanol–water partition coefficient (Wildman–Crippen LogP) is 4.86. The highest BCUT2D eigenvalue weighted by molar-refractivity contribution is 5.80. The Hall–Kier alpha value is -4.70. The van der Waals surface area contributed by atoms with E-state index in [2.05, 4.69) is 20.5 Å². The highest BCUT2D eigenvalue weighted by Gasteiger charge is 2.12. The molecule has 2 N–H and O–H groups in total. The SMILES string of the molecule is Cc1ccc(Oc2ccc(C=NNc3nc(-c4ccccc4)c(C#N)c(=O)[nH]3)cc2)cc1. The summed E-state index contributed by atoms with van der Waals surface area (Å²) in [7, 11) is 0. The zero-order chi connectivity index (χ0) is 22.3. The Bertz CT molecular complexity index is 1340. The highest BCUT2D eigenvalue weighted by atomic mass is 16.5. The molecular weight excluding hydrogens is 402 g/mol. The molecule has 0 spiro atoms. The molecule has 0 radical (unpaired) electrons. The molecule has 0 aliphatic heterocycles. The molecule has 7 heteroatoms. The number of anilines is 1. The van der Waals surface area contributed by atoms with Gasteiger partial charge in [0, 0.05) is 5.56 Å². The summed E-state index contributed by atoms with van der Waals surface area (Å²) >= 11 is 0. The fourth-order valence-corrected chi connectivity index (χ4v) is 2.97. The van der Waals surface area contributed by atoms with E-state index in [0.29, 0.717) is 17.0 Å². The van der Waals surface area contributed by atoms with E-state index in [1.54, 1.807) is 18.3 Å². The van der Waals surface area contributed by atoms with E-state index in [1.165, 1.54) is 5.56 Å². The maximum absolute atomic E-state index is 12.3. The molecule has 4 aromatic rings. The molecule has 0 saturated carbocycles. The summed E-state index contributed by atoms with van der Waals surface area (Å²) in [5, 5.41) is 13.5. The van der Waals surface area contributed by atoms with E-state index in [4.69, 9.17) is 4.74 Å². The first kappa shape index (κ1) is 20.6. The quantitative estimate of drug-likeness (QED) is 0.342. The molecule has 0 saturated heterocycles. The number of hydrazone groups is 1. The lowest BCUT2D eigenvalue weighted by atomic mass is 10.1. The molecule has 1 heterocycles. The van der Waals surface area contributed by atoms with Crippen LogP contribution in [0.2, 0.25) is 0 Å². The summed E-state index contributed by atoms with van der Waals surface area (Å²) in [6.45, 7) is 2.03. The van der Waals surface area contributed by atoms with E-state index in [9.17, 15) is 10.1 Å². The number of H-pyrrole nitrogens is 1. The largest absolute Gasteiger partial charge is 0.457 e. The van der Waals surface area contributed by atoms with Gasteiger partial charge in [0.25, 0.3) is 5.56 Å². The van der Waals surface area contributed by atoms with Crippen molar-refractivity contribution in [3.05, 3.63) is 106 Å². The third-order valence-electron chi connectivity index (χ3n) is 4.60. The monoisotopic (exact) mass is 421 g/mol. The first-order valence-electron chi connectivity index (χ1n) is 9.86. The van der Waals surface area contributed by atoms with Crippen LogP contribution in [-0.4, -0.2) is 16.2 Å². The molecule has 0 aliphatic carbocycles. The van der Waals surface area contributed by atoms with Gasteiger partial charge in [0.1, 0.15) is 23.1 Å². The van der Waals surface area contributed by atoms with Crippen molar-refractivity contribution in [1.29, 1.82) is 5.26 Å². The number of aryl methyl sites for hydroxylation is 1. The number of benzene rings is 3. The van der Waals surface area contributed by atoms with Gasteiger partial charge in [0.15, 0.2) is 0 Å². The number of nitriles is 1. The van der Waals surface area contributed by atoms with Gasteiger partial charge in [-0.2, -0.15) is 10.4 Å². The second-order valence-corrected chi connectivity index (χ2v) is 6.97. The number of rotatable bonds is 6. The Kier molecular flexibility index (Phi) is 6.05. The van der Waals surface area contributed by atoms with Crippen LogP contribution in [0.5, 0.6) is 11.5 Å². The summed E-state index contributed by atoms with van der Waals surface area (Å²) in [5.41, 5.74) is 5.11. The standard InChI is InChI=1S/C25H19N5O2/c1-17-7-11-20(12-8-17)32-21-13-9-18(10-14-21)16-27-30-25-28-23(19-5-3-2-4-6-19)22(15-26)24(31)29-25/h2-14,16H,1H3,(H2,28,29,30,31). The number of aromatic nitrogens is 2. The zero-order valence-electron chi connectivity index (χ0n) is 17.2. The van der Waals surface area contributed by atoms with Crippen LogP contribution in [0.25, 0.3) is 11.3 Å². The van der Waals surface area contributed by atoms with Crippen LogP contribution in [0.3, 0.4) is 0 Å². The lowest BCUT2D eigenvalue weighted by Gasteiger charge is -2.06. The zero-order valence-corrected chi connectivity index (χ0v) is 17.2. The topological polar surface area (TPSA) is 103 Å². The molecular formula is C25H19N5O2. The van der Waals surface area contributed by atoms with E-state index in [1.807, 2.05) is 79.7 Å². The highest BCUT2D eigenvalue weighted by Crippen LogP contribution is 2.22. The normalized spacial score (nSPS) is 10.6. The second kappa shape index (κ2) is 9.41. The Morgan fingerprint density at radius 1 is 1.00 bits per heavy atom. The average molecular weight is 421 g/mol. The average Bonchev–Trinajstić information content (AvgIpc) is 2.82. The van der Waals surface area contributed by atoms with Crippen molar-refractivity contribution in [1.82, 2.24) is 9.97 Å². The number of ether oxygens (including phenoxy) is 1. The van der Waals surface area contributed by atoms with Gasteiger partial charge in [-0.25, -0.2) is 10.4 Å². The van der Waals surface area contributed by atoms with Crippen molar-refractivity contribution < 1.29 is 4.74 Å². The molecule has 7 nitrogen and oxygen atoms in total. The van der Waals surface area contributed by atoms with Crippen LogP contribution in [-0.2, 0) is 0 Å². The predicted molar refractivity (Wildman–Crippen MR) is 124 cm³/mol. The van der Waals surface area contributed by atoms with Crippen molar-refractivity contribution in [3.8, 4) is 28.8 Å². The van der Waals surface area contributed by atoms with Gasteiger partial charge in [0.2, 0.25) is 5.95 Å². The van der Waals surface area contributed by atoms with Gasteiger partial charge in [-0.05, 0) is 48.9 Å². The van der Waals surface area contributed by atoms with E-state index in [-0.39, 0.29) is 11.5 Å². The Morgan fingerprint density at radius 2 is 1.66 bits per heavy atom. The third kappa shape index (κ3) is 4.89. The lowest BCUT2D eigenvalue weighted by Crippen LogP contribution is -2.16. The molecule has 0 bridgehead atoms. The van der Waals surface area contributed by atoms with Crippen molar-refractivity contribution >= 4 is 12.2 Å². The van der Waals surface area contributed by atoms with Gasteiger partial charge in [-0.3, -0.25) is 9.78 Å².